The van der Waals surface area contributed by atoms with Gasteiger partial charge in [-0.3, -0.25) is 0 Å². The summed E-state index contributed by atoms with van der Waals surface area (Å²) in [5.74, 6) is 0. The molecule has 0 unspecified atom stereocenters. The lowest BCUT2D eigenvalue weighted by Crippen LogP contribution is -1.94. The van der Waals surface area contributed by atoms with Crippen LogP contribution in [-0.2, 0) is 0 Å². The van der Waals surface area contributed by atoms with E-state index in [1.165, 1.54) is 10.4 Å². The molecule has 2 N–H and O–H groups in total. The Kier molecular flexibility index (Phi) is 3.33. The summed E-state index contributed by atoms with van der Waals surface area (Å²) in [7, 11) is 0. The first-order valence-electron chi connectivity index (χ1n) is 3.75. The molecule has 60 valence electrons. The number of thiophene rings is 1. The van der Waals surface area contributed by atoms with E-state index in [0.29, 0.717) is 0 Å². The highest BCUT2D eigenvalue weighted by molar-refractivity contribution is 7.10. The first-order chi connectivity index (χ1) is 5.34. The molecule has 0 atom stereocenters. The molecular formula is C9H13NS. The van der Waals surface area contributed by atoms with Gasteiger partial charge in [-0.25, -0.2) is 0 Å². The third-order valence-electron chi connectivity index (χ3n) is 1.53. The van der Waals surface area contributed by atoms with E-state index in [2.05, 4.69) is 30.5 Å². The Morgan fingerprint density at radius 2 is 2.45 bits per heavy atom. The highest BCUT2D eigenvalue weighted by atomic mass is 32.1. The summed E-state index contributed by atoms with van der Waals surface area (Å²) in [5, 5.41) is 2.11. The molecule has 0 fully saturated rings. The van der Waals surface area contributed by atoms with Crippen LogP contribution < -0.4 is 5.73 Å². The van der Waals surface area contributed by atoms with Crippen LogP contribution in [0.15, 0.2) is 17.5 Å². The molecular weight excluding hydrogens is 154 g/mol. The molecule has 1 heterocycles. The number of aryl methyl sites for hydroxylation is 1. The van der Waals surface area contributed by atoms with Crippen LogP contribution in [0.5, 0.6) is 0 Å². The van der Waals surface area contributed by atoms with E-state index in [4.69, 9.17) is 5.73 Å². The van der Waals surface area contributed by atoms with Gasteiger partial charge in [0, 0.05) is 4.88 Å². The quantitative estimate of drug-likeness (QED) is 0.735. The lowest BCUT2D eigenvalue weighted by Gasteiger charge is -1.88. The Morgan fingerprint density at radius 1 is 1.64 bits per heavy atom. The predicted molar refractivity (Wildman–Crippen MR) is 51.8 cm³/mol. The Balaban J connectivity index is 2.56. The lowest BCUT2D eigenvalue weighted by molar-refractivity contribution is 1.01. The zero-order chi connectivity index (χ0) is 8.10. The normalized spacial score (nSPS) is 11.1. The van der Waals surface area contributed by atoms with E-state index in [1.807, 2.05) is 0 Å². The highest BCUT2D eigenvalue weighted by Crippen LogP contribution is 2.16. The van der Waals surface area contributed by atoms with Crippen molar-refractivity contribution in [1.29, 1.82) is 0 Å². The fourth-order valence-electron chi connectivity index (χ4n) is 0.874. The van der Waals surface area contributed by atoms with Crippen molar-refractivity contribution in [1.82, 2.24) is 0 Å². The van der Waals surface area contributed by atoms with Gasteiger partial charge in [0.1, 0.15) is 0 Å². The van der Waals surface area contributed by atoms with Gasteiger partial charge in [0.05, 0.1) is 0 Å². The topological polar surface area (TPSA) is 26.0 Å². The minimum atomic E-state index is 0.736. The molecule has 1 aromatic rings. The largest absolute Gasteiger partial charge is 0.330 e. The summed E-state index contributed by atoms with van der Waals surface area (Å²) in [6.07, 6.45) is 5.23. The molecule has 0 aliphatic carbocycles. The van der Waals surface area contributed by atoms with E-state index in [9.17, 15) is 0 Å². The van der Waals surface area contributed by atoms with Crippen LogP contribution in [0.4, 0.5) is 0 Å². The Hall–Kier alpha value is -0.600. The molecule has 1 nitrogen and oxygen atoms in total. The summed E-state index contributed by atoms with van der Waals surface area (Å²) in [6, 6.07) is 2.13. The fourth-order valence-corrected chi connectivity index (χ4v) is 1.57. The van der Waals surface area contributed by atoms with Crippen LogP contribution in [0.3, 0.4) is 0 Å². The standard InChI is InChI=1S/C9H13NS/c1-8-9(5-7-11-8)4-2-3-6-10/h2,4-5,7H,3,6,10H2,1H3. The maximum absolute atomic E-state index is 5.36. The molecule has 0 aromatic carbocycles. The minimum absolute atomic E-state index is 0.736. The molecule has 0 bridgehead atoms. The smallest absolute Gasteiger partial charge is 0.00864 e. The molecule has 0 aliphatic rings. The SMILES string of the molecule is Cc1sccc1C=CCCN. The molecule has 11 heavy (non-hydrogen) atoms. The van der Waals surface area contributed by atoms with Crippen LogP contribution >= 0.6 is 11.3 Å². The third-order valence-corrected chi connectivity index (χ3v) is 2.39. The molecule has 0 saturated heterocycles. The van der Waals surface area contributed by atoms with Crippen molar-refractivity contribution in [2.75, 3.05) is 6.54 Å². The first-order valence-corrected chi connectivity index (χ1v) is 4.63. The van der Waals surface area contributed by atoms with Crippen molar-refractivity contribution in [2.24, 2.45) is 5.73 Å². The summed E-state index contributed by atoms with van der Waals surface area (Å²) >= 11 is 1.78. The van der Waals surface area contributed by atoms with Crippen molar-refractivity contribution in [3.05, 3.63) is 28.0 Å². The molecule has 2 heteroatoms. The fraction of sp³-hybridized carbons (Fsp3) is 0.333. The van der Waals surface area contributed by atoms with Gasteiger partial charge >= 0.3 is 0 Å². The zero-order valence-electron chi connectivity index (χ0n) is 6.71. The second-order valence-corrected chi connectivity index (χ2v) is 3.53. The predicted octanol–water partition coefficient (Wildman–Crippen LogP) is 2.42. The van der Waals surface area contributed by atoms with E-state index in [1.54, 1.807) is 11.3 Å². The van der Waals surface area contributed by atoms with Gasteiger partial charge in [-0.05, 0) is 36.9 Å². The summed E-state index contributed by atoms with van der Waals surface area (Å²) in [5.41, 5.74) is 6.68. The number of rotatable bonds is 3. The summed E-state index contributed by atoms with van der Waals surface area (Å²) in [6.45, 7) is 2.87. The van der Waals surface area contributed by atoms with Crippen LogP contribution in [0.25, 0.3) is 6.08 Å². The van der Waals surface area contributed by atoms with E-state index < -0.39 is 0 Å². The summed E-state index contributed by atoms with van der Waals surface area (Å²) in [4.78, 5) is 1.37. The van der Waals surface area contributed by atoms with Gasteiger partial charge in [-0.15, -0.1) is 11.3 Å². The second kappa shape index (κ2) is 4.31. The minimum Gasteiger partial charge on any atom is -0.330 e. The van der Waals surface area contributed by atoms with Crippen molar-refractivity contribution in [3.8, 4) is 0 Å². The maximum atomic E-state index is 5.36. The van der Waals surface area contributed by atoms with Crippen LogP contribution in [-0.4, -0.2) is 6.54 Å². The third kappa shape index (κ3) is 2.48. The van der Waals surface area contributed by atoms with Gasteiger partial charge in [-0.1, -0.05) is 12.2 Å². The number of hydrogen-bond acceptors (Lipinski definition) is 2. The van der Waals surface area contributed by atoms with Gasteiger partial charge in [0.15, 0.2) is 0 Å². The van der Waals surface area contributed by atoms with E-state index in [0.717, 1.165) is 13.0 Å². The molecule has 1 rings (SSSR count). The summed E-state index contributed by atoms with van der Waals surface area (Å²) < 4.78 is 0. The van der Waals surface area contributed by atoms with Crippen molar-refractivity contribution >= 4 is 17.4 Å². The van der Waals surface area contributed by atoms with Gasteiger partial charge in [0.25, 0.3) is 0 Å². The molecule has 1 aromatic heterocycles. The second-order valence-electron chi connectivity index (χ2n) is 2.41. The van der Waals surface area contributed by atoms with Crippen LogP contribution in [0, 0.1) is 6.92 Å². The molecule has 0 spiro atoms. The Morgan fingerprint density at radius 3 is 3.00 bits per heavy atom. The van der Waals surface area contributed by atoms with Crippen LogP contribution in [0.1, 0.15) is 16.9 Å². The molecule has 0 aliphatic heterocycles. The average molecular weight is 167 g/mol. The van der Waals surface area contributed by atoms with Crippen molar-refractivity contribution < 1.29 is 0 Å². The van der Waals surface area contributed by atoms with Crippen molar-refractivity contribution in [2.45, 2.75) is 13.3 Å². The van der Waals surface area contributed by atoms with Crippen LogP contribution in [0.2, 0.25) is 0 Å². The Labute approximate surface area is 71.5 Å². The van der Waals surface area contributed by atoms with E-state index in [-0.39, 0.29) is 0 Å². The monoisotopic (exact) mass is 167 g/mol. The average Bonchev–Trinajstić information content (AvgIpc) is 2.37. The molecule has 0 saturated carbocycles. The van der Waals surface area contributed by atoms with Gasteiger partial charge < -0.3 is 5.73 Å². The Bertz CT molecular complexity index is 237. The lowest BCUT2D eigenvalue weighted by atomic mass is 10.2. The number of hydrogen-bond donors (Lipinski definition) is 1. The van der Waals surface area contributed by atoms with Gasteiger partial charge in [-0.2, -0.15) is 0 Å². The van der Waals surface area contributed by atoms with Gasteiger partial charge in [0.2, 0.25) is 0 Å². The first kappa shape index (κ1) is 8.50. The maximum Gasteiger partial charge on any atom is 0.00864 e. The molecule has 0 amide bonds. The van der Waals surface area contributed by atoms with E-state index >= 15 is 0 Å². The number of nitrogens with two attached hydrogens (primary N) is 1. The zero-order valence-corrected chi connectivity index (χ0v) is 7.53. The van der Waals surface area contributed by atoms with Crippen molar-refractivity contribution in [3.63, 3.8) is 0 Å². The highest BCUT2D eigenvalue weighted by Gasteiger charge is 1.91. The molecule has 0 radical (unpaired) electrons.